The van der Waals surface area contributed by atoms with Crippen molar-refractivity contribution in [2.75, 3.05) is 0 Å². The summed E-state index contributed by atoms with van der Waals surface area (Å²) in [6, 6.07) is 3.14. The molecule has 0 spiro atoms. The van der Waals surface area contributed by atoms with Crippen LogP contribution in [-0.4, -0.2) is 4.92 Å². The Morgan fingerprint density at radius 3 is 2.73 bits per heavy atom. The third kappa shape index (κ3) is 1.66. The Bertz CT molecular complexity index is 341. The van der Waals surface area contributed by atoms with Crippen LogP contribution in [0.5, 0.6) is 0 Å². The summed E-state index contributed by atoms with van der Waals surface area (Å²) in [4.78, 5) is 10.1. The molecule has 0 saturated carbocycles. The highest BCUT2D eigenvalue weighted by Gasteiger charge is 2.15. The standard InChI is InChI=1S/C5HIN2O2S/c6-5-4(8(9)10)1-3(2-7)11-5/h1H. The molecular weight excluding hydrogens is 279 g/mol. The maximum absolute atomic E-state index is 10.2. The topological polar surface area (TPSA) is 66.9 Å². The smallest absolute Gasteiger partial charge is 0.258 e. The van der Waals surface area contributed by atoms with Crippen molar-refractivity contribution < 1.29 is 4.92 Å². The lowest BCUT2D eigenvalue weighted by molar-refractivity contribution is -0.385. The molecule has 0 amide bonds. The van der Waals surface area contributed by atoms with Gasteiger partial charge in [-0.25, -0.2) is 0 Å². The predicted molar refractivity (Wildman–Crippen MR) is 48.4 cm³/mol. The molecule has 0 fully saturated rings. The molecule has 0 saturated heterocycles. The van der Waals surface area contributed by atoms with Crippen molar-refractivity contribution in [2.45, 2.75) is 0 Å². The van der Waals surface area contributed by atoms with E-state index < -0.39 is 4.92 Å². The molecule has 0 radical (unpaired) electrons. The molecule has 0 aliphatic heterocycles. The zero-order chi connectivity index (χ0) is 8.43. The zero-order valence-corrected chi connectivity index (χ0v) is 8.05. The molecule has 0 N–H and O–H groups in total. The summed E-state index contributed by atoms with van der Waals surface area (Å²) in [6.45, 7) is 0. The normalized spacial score (nSPS) is 9.09. The number of hydrogen-bond acceptors (Lipinski definition) is 4. The van der Waals surface area contributed by atoms with Crippen LogP contribution in [-0.2, 0) is 0 Å². The number of nitrogens with zero attached hydrogens (tertiary/aromatic N) is 2. The van der Waals surface area contributed by atoms with Gasteiger partial charge in [0.15, 0.2) is 0 Å². The molecule has 11 heavy (non-hydrogen) atoms. The second-order valence-electron chi connectivity index (χ2n) is 1.64. The lowest BCUT2D eigenvalue weighted by Gasteiger charge is -1.82. The van der Waals surface area contributed by atoms with Gasteiger partial charge in [0.05, 0.1) is 4.92 Å². The summed E-state index contributed by atoms with van der Waals surface area (Å²) in [5.41, 5.74) is 0.0205. The van der Waals surface area contributed by atoms with Crippen molar-refractivity contribution in [1.29, 1.82) is 5.26 Å². The van der Waals surface area contributed by atoms with E-state index in [9.17, 15) is 10.1 Å². The Kier molecular flexibility index (Phi) is 2.41. The summed E-state index contributed by atoms with van der Waals surface area (Å²) in [6.07, 6.45) is 0. The Morgan fingerprint density at radius 1 is 1.82 bits per heavy atom. The van der Waals surface area contributed by atoms with Gasteiger partial charge in [-0.05, 0) is 22.6 Å². The monoisotopic (exact) mass is 280 g/mol. The average Bonchev–Trinajstić information content (AvgIpc) is 2.30. The minimum atomic E-state index is -0.487. The summed E-state index contributed by atoms with van der Waals surface area (Å²) < 4.78 is 0.546. The van der Waals surface area contributed by atoms with Crippen LogP contribution in [0.15, 0.2) is 6.07 Å². The summed E-state index contributed by atoms with van der Waals surface area (Å²) in [7, 11) is 0. The highest BCUT2D eigenvalue weighted by Crippen LogP contribution is 2.29. The van der Waals surface area contributed by atoms with E-state index in [4.69, 9.17) is 5.26 Å². The van der Waals surface area contributed by atoms with Crippen molar-refractivity contribution in [3.8, 4) is 6.07 Å². The quantitative estimate of drug-likeness (QED) is 0.449. The molecule has 1 rings (SSSR count). The number of nitriles is 1. The molecule has 0 aromatic carbocycles. The number of nitro groups is 1. The van der Waals surface area contributed by atoms with E-state index in [0.29, 0.717) is 7.76 Å². The molecule has 1 heterocycles. The second-order valence-corrected chi connectivity index (χ2v) is 4.50. The number of rotatable bonds is 1. The van der Waals surface area contributed by atoms with E-state index in [2.05, 4.69) is 0 Å². The van der Waals surface area contributed by atoms with Crippen molar-refractivity contribution in [1.82, 2.24) is 0 Å². The zero-order valence-electron chi connectivity index (χ0n) is 5.07. The molecule has 0 aliphatic carbocycles. The van der Waals surface area contributed by atoms with Crippen LogP contribution in [0.4, 0.5) is 5.69 Å². The van der Waals surface area contributed by atoms with E-state index in [1.54, 1.807) is 0 Å². The Morgan fingerprint density at radius 2 is 2.45 bits per heavy atom. The summed E-state index contributed by atoms with van der Waals surface area (Å²) >= 11 is 2.97. The van der Waals surface area contributed by atoms with E-state index in [1.165, 1.54) is 6.07 Å². The Labute approximate surface area is 79.7 Å². The minimum Gasteiger partial charge on any atom is -0.258 e. The van der Waals surface area contributed by atoms with Crippen molar-refractivity contribution in [3.63, 3.8) is 0 Å². The van der Waals surface area contributed by atoms with Gasteiger partial charge in [0.1, 0.15) is 13.8 Å². The summed E-state index contributed by atoms with van der Waals surface area (Å²) in [5, 5.41) is 18.6. The van der Waals surface area contributed by atoms with Crippen molar-refractivity contribution in [2.24, 2.45) is 0 Å². The van der Waals surface area contributed by atoms with Gasteiger partial charge in [0, 0.05) is 6.07 Å². The molecule has 0 bridgehead atoms. The second kappa shape index (κ2) is 3.15. The van der Waals surface area contributed by atoms with E-state index in [0.717, 1.165) is 11.3 Å². The third-order valence-electron chi connectivity index (χ3n) is 0.976. The Balaban J connectivity index is 3.20. The van der Waals surface area contributed by atoms with Gasteiger partial charge in [-0.3, -0.25) is 10.1 Å². The maximum Gasteiger partial charge on any atom is 0.294 e. The van der Waals surface area contributed by atoms with Crippen LogP contribution in [0, 0.1) is 24.3 Å². The maximum atomic E-state index is 10.2. The fraction of sp³-hybridized carbons (Fsp3) is 0. The van der Waals surface area contributed by atoms with Gasteiger partial charge < -0.3 is 0 Å². The number of hydrogen-bond donors (Lipinski definition) is 0. The molecule has 0 atom stereocenters. The van der Waals surface area contributed by atoms with Gasteiger partial charge >= 0.3 is 0 Å². The van der Waals surface area contributed by atoms with Gasteiger partial charge in [-0.2, -0.15) is 5.26 Å². The Hall–Kier alpha value is -0.680. The molecule has 56 valence electrons. The first-order valence-electron chi connectivity index (χ1n) is 2.49. The fourth-order valence-electron chi connectivity index (χ4n) is 0.539. The van der Waals surface area contributed by atoms with Crippen LogP contribution in [0.3, 0.4) is 0 Å². The van der Waals surface area contributed by atoms with Gasteiger partial charge in [-0.15, -0.1) is 11.3 Å². The van der Waals surface area contributed by atoms with Crippen LogP contribution in [0.2, 0.25) is 0 Å². The van der Waals surface area contributed by atoms with E-state index in [-0.39, 0.29) is 5.69 Å². The molecule has 1 aromatic heterocycles. The van der Waals surface area contributed by atoms with E-state index in [1.807, 2.05) is 28.7 Å². The predicted octanol–water partition coefficient (Wildman–Crippen LogP) is 2.13. The van der Waals surface area contributed by atoms with Gasteiger partial charge in [-0.1, -0.05) is 0 Å². The largest absolute Gasteiger partial charge is 0.294 e. The molecule has 1 aromatic rings. The lowest BCUT2D eigenvalue weighted by atomic mass is 10.4. The average molecular weight is 280 g/mol. The highest BCUT2D eigenvalue weighted by molar-refractivity contribution is 14.1. The summed E-state index contributed by atoms with van der Waals surface area (Å²) in [5.74, 6) is 0. The van der Waals surface area contributed by atoms with Crippen LogP contribution in [0.1, 0.15) is 4.88 Å². The van der Waals surface area contributed by atoms with Crippen molar-refractivity contribution >= 4 is 39.6 Å². The first-order valence-corrected chi connectivity index (χ1v) is 4.38. The molecule has 0 aliphatic rings. The molecular formula is C5HIN2O2S. The van der Waals surface area contributed by atoms with Crippen LogP contribution >= 0.6 is 33.9 Å². The van der Waals surface area contributed by atoms with Crippen molar-refractivity contribution in [3.05, 3.63) is 23.9 Å². The molecule has 0 unspecified atom stereocenters. The number of thiophene rings is 1. The third-order valence-corrected chi connectivity index (χ3v) is 3.01. The lowest BCUT2D eigenvalue weighted by Crippen LogP contribution is -1.85. The SMILES string of the molecule is N#Cc1cc([N+](=O)[O-])c(I)s1. The minimum absolute atomic E-state index is 0.0205. The first-order chi connectivity index (χ1) is 5.15. The fourth-order valence-corrected chi connectivity index (χ4v) is 2.25. The molecule has 4 nitrogen and oxygen atoms in total. The van der Waals surface area contributed by atoms with Crippen LogP contribution in [0.25, 0.3) is 0 Å². The first kappa shape index (κ1) is 8.42. The molecule has 6 heteroatoms. The number of halogens is 1. The highest BCUT2D eigenvalue weighted by atomic mass is 127. The van der Waals surface area contributed by atoms with E-state index >= 15 is 0 Å². The van der Waals surface area contributed by atoms with Crippen LogP contribution < -0.4 is 0 Å². The van der Waals surface area contributed by atoms with Gasteiger partial charge in [0.25, 0.3) is 5.69 Å². The van der Waals surface area contributed by atoms with Gasteiger partial charge in [0.2, 0.25) is 0 Å².